The number of nitrogens with zero attached hydrogens (tertiary/aromatic N) is 3. The van der Waals surface area contributed by atoms with Gasteiger partial charge in [0.2, 0.25) is 11.7 Å². The Hall–Kier alpha value is -2.15. The first-order valence-electron chi connectivity index (χ1n) is 4.97. The van der Waals surface area contributed by atoms with Gasteiger partial charge in [-0.15, -0.1) is 11.3 Å². The molecule has 0 aromatic carbocycles. The summed E-state index contributed by atoms with van der Waals surface area (Å²) in [6.07, 6.45) is 2.31. The fraction of sp³-hybridized carbons (Fsp3) is 0.100. The summed E-state index contributed by atoms with van der Waals surface area (Å²) in [5, 5.41) is 6.32. The van der Waals surface area contributed by atoms with Crippen LogP contribution in [0.4, 0.5) is 5.13 Å². The van der Waals surface area contributed by atoms with Gasteiger partial charge in [-0.1, -0.05) is 5.16 Å². The first-order chi connectivity index (χ1) is 8.31. The van der Waals surface area contributed by atoms with Gasteiger partial charge in [-0.2, -0.15) is 4.98 Å². The molecule has 17 heavy (non-hydrogen) atoms. The highest BCUT2D eigenvalue weighted by molar-refractivity contribution is 7.13. The van der Waals surface area contributed by atoms with Crippen LogP contribution in [0, 0.1) is 0 Å². The van der Waals surface area contributed by atoms with Gasteiger partial charge >= 0.3 is 0 Å². The third-order valence-corrected chi connectivity index (χ3v) is 2.93. The van der Waals surface area contributed by atoms with Crippen LogP contribution in [0.15, 0.2) is 28.2 Å². The summed E-state index contributed by atoms with van der Waals surface area (Å²) in [4.78, 5) is 11.4. The second-order valence-corrected chi connectivity index (χ2v) is 4.34. The Morgan fingerprint density at radius 2 is 2.35 bits per heavy atom. The number of hydrogen-bond donors (Lipinski definition) is 2. The van der Waals surface area contributed by atoms with E-state index in [1.807, 2.05) is 23.7 Å². The van der Waals surface area contributed by atoms with Gasteiger partial charge in [0.25, 0.3) is 0 Å². The van der Waals surface area contributed by atoms with Crippen molar-refractivity contribution in [2.24, 2.45) is 0 Å². The molecule has 0 aliphatic heterocycles. The number of nitrogens with two attached hydrogens (primary N) is 1. The molecule has 86 valence electrons. The van der Waals surface area contributed by atoms with Crippen molar-refractivity contribution in [2.75, 3.05) is 5.73 Å². The number of thiazole rings is 1. The minimum Gasteiger partial charge on any atom is -0.375 e. The Kier molecular flexibility index (Phi) is 2.37. The van der Waals surface area contributed by atoms with Crippen LogP contribution in [-0.4, -0.2) is 20.1 Å². The highest BCUT2D eigenvalue weighted by Crippen LogP contribution is 2.17. The Balaban J connectivity index is 1.81. The normalized spacial score (nSPS) is 10.8. The molecular formula is C10H9N5OS. The molecule has 0 saturated carbocycles. The number of H-pyrrole nitrogens is 1. The van der Waals surface area contributed by atoms with Crippen LogP contribution in [0.3, 0.4) is 0 Å². The summed E-state index contributed by atoms with van der Waals surface area (Å²) in [6, 6.07) is 3.77. The average Bonchev–Trinajstić information content (AvgIpc) is 3.00. The van der Waals surface area contributed by atoms with E-state index in [1.54, 1.807) is 0 Å². The van der Waals surface area contributed by atoms with Gasteiger partial charge in [0, 0.05) is 11.6 Å². The van der Waals surface area contributed by atoms with Crippen LogP contribution in [0.1, 0.15) is 11.6 Å². The number of anilines is 1. The molecule has 3 aromatic rings. The van der Waals surface area contributed by atoms with E-state index in [2.05, 4.69) is 20.1 Å². The predicted octanol–water partition coefficient (Wildman–Crippen LogP) is 1.69. The number of hydrogen-bond acceptors (Lipinski definition) is 6. The second kappa shape index (κ2) is 4.02. The van der Waals surface area contributed by atoms with Crippen LogP contribution in [0.5, 0.6) is 0 Å². The van der Waals surface area contributed by atoms with E-state index in [0.29, 0.717) is 23.3 Å². The minimum absolute atomic E-state index is 0.501. The van der Waals surface area contributed by atoms with Gasteiger partial charge < -0.3 is 15.2 Å². The summed E-state index contributed by atoms with van der Waals surface area (Å²) >= 11 is 1.40. The quantitative estimate of drug-likeness (QED) is 0.734. The zero-order chi connectivity index (χ0) is 11.7. The molecule has 6 nitrogen and oxygen atoms in total. The monoisotopic (exact) mass is 247 g/mol. The fourth-order valence-corrected chi connectivity index (χ4v) is 2.03. The maximum atomic E-state index is 5.55. The van der Waals surface area contributed by atoms with Crippen molar-refractivity contribution in [3.63, 3.8) is 0 Å². The fourth-order valence-electron chi connectivity index (χ4n) is 1.46. The number of nitrogen functional groups attached to an aromatic ring is 1. The van der Waals surface area contributed by atoms with Crippen molar-refractivity contribution in [2.45, 2.75) is 6.42 Å². The Labute approximate surface area is 101 Å². The lowest BCUT2D eigenvalue weighted by Crippen LogP contribution is -1.90. The van der Waals surface area contributed by atoms with Gasteiger partial charge in [-0.25, -0.2) is 4.98 Å². The van der Waals surface area contributed by atoms with Crippen LogP contribution >= 0.6 is 11.3 Å². The molecule has 3 heterocycles. The highest BCUT2D eigenvalue weighted by Gasteiger charge is 2.10. The van der Waals surface area contributed by atoms with E-state index in [0.717, 1.165) is 11.4 Å². The number of nitrogens with one attached hydrogen (secondary N) is 1. The van der Waals surface area contributed by atoms with Crippen LogP contribution in [0.25, 0.3) is 11.5 Å². The molecule has 3 N–H and O–H groups in total. The predicted molar refractivity (Wildman–Crippen MR) is 63.4 cm³/mol. The molecule has 0 unspecified atom stereocenters. The van der Waals surface area contributed by atoms with E-state index in [-0.39, 0.29) is 0 Å². The molecule has 3 aromatic heterocycles. The topological polar surface area (TPSA) is 93.6 Å². The SMILES string of the molecule is Nc1nc(Cc2nc(-c3ccc[nH]3)no2)cs1. The van der Waals surface area contributed by atoms with E-state index in [9.17, 15) is 0 Å². The van der Waals surface area contributed by atoms with Gasteiger partial charge in [-0.3, -0.25) is 0 Å². The summed E-state index contributed by atoms with van der Waals surface area (Å²) in [6.45, 7) is 0. The lowest BCUT2D eigenvalue weighted by atomic mass is 10.3. The maximum Gasteiger partial charge on any atom is 0.233 e. The lowest BCUT2D eigenvalue weighted by Gasteiger charge is -1.87. The molecule has 0 fully saturated rings. The summed E-state index contributed by atoms with van der Waals surface area (Å²) in [5.41, 5.74) is 7.22. The number of rotatable bonds is 3. The molecule has 0 aliphatic rings. The average molecular weight is 247 g/mol. The Morgan fingerprint density at radius 1 is 1.41 bits per heavy atom. The molecule has 0 radical (unpaired) electrons. The second-order valence-electron chi connectivity index (χ2n) is 3.45. The van der Waals surface area contributed by atoms with E-state index in [1.165, 1.54) is 11.3 Å². The standard InChI is InChI=1S/C10H9N5OS/c11-10-13-6(5-17-10)4-8-14-9(15-16-8)7-2-1-3-12-7/h1-3,5,12H,4H2,(H2,11,13). The van der Waals surface area contributed by atoms with Crippen molar-refractivity contribution in [1.82, 2.24) is 20.1 Å². The molecule has 0 aliphatic carbocycles. The Morgan fingerprint density at radius 3 is 3.06 bits per heavy atom. The smallest absolute Gasteiger partial charge is 0.233 e. The lowest BCUT2D eigenvalue weighted by molar-refractivity contribution is 0.385. The van der Waals surface area contributed by atoms with Crippen LogP contribution < -0.4 is 5.73 Å². The summed E-state index contributed by atoms with van der Waals surface area (Å²) in [7, 11) is 0. The molecular weight excluding hydrogens is 238 g/mol. The van der Waals surface area contributed by atoms with Crippen molar-refractivity contribution in [3.05, 3.63) is 35.3 Å². The minimum atomic E-state index is 0.501. The van der Waals surface area contributed by atoms with Crippen molar-refractivity contribution in [1.29, 1.82) is 0 Å². The first kappa shape index (κ1) is 10.0. The molecule has 7 heteroatoms. The van der Waals surface area contributed by atoms with Gasteiger partial charge in [-0.05, 0) is 12.1 Å². The highest BCUT2D eigenvalue weighted by atomic mass is 32.1. The molecule has 0 saturated heterocycles. The van der Waals surface area contributed by atoms with Gasteiger partial charge in [0.05, 0.1) is 17.8 Å². The molecule has 0 bridgehead atoms. The summed E-state index contributed by atoms with van der Waals surface area (Å²) in [5.74, 6) is 1.08. The van der Waals surface area contributed by atoms with Crippen molar-refractivity contribution >= 4 is 16.5 Å². The molecule has 3 rings (SSSR count). The van der Waals surface area contributed by atoms with Gasteiger partial charge in [0.1, 0.15) is 0 Å². The van der Waals surface area contributed by atoms with E-state index in [4.69, 9.17) is 10.3 Å². The molecule has 0 atom stereocenters. The molecule has 0 spiro atoms. The third-order valence-electron chi connectivity index (χ3n) is 2.21. The largest absolute Gasteiger partial charge is 0.375 e. The summed E-state index contributed by atoms with van der Waals surface area (Å²) < 4.78 is 5.14. The third kappa shape index (κ3) is 2.04. The first-order valence-corrected chi connectivity index (χ1v) is 5.85. The number of aromatic amines is 1. The number of aromatic nitrogens is 4. The molecule has 0 amide bonds. The van der Waals surface area contributed by atoms with Crippen LogP contribution in [0.2, 0.25) is 0 Å². The van der Waals surface area contributed by atoms with Crippen molar-refractivity contribution < 1.29 is 4.52 Å². The van der Waals surface area contributed by atoms with Gasteiger partial charge in [0.15, 0.2) is 5.13 Å². The van der Waals surface area contributed by atoms with E-state index >= 15 is 0 Å². The van der Waals surface area contributed by atoms with E-state index < -0.39 is 0 Å². The van der Waals surface area contributed by atoms with Crippen molar-refractivity contribution in [3.8, 4) is 11.5 Å². The zero-order valence-electron chi connectivity index (χ0n) is 8.75. The zero-order valence-corrected chi connectivity index (χ0v) is 9.57. The Bertz CT molecular complexity index is 612. The van der Waals surface area contributed by atoms with Crippen LogP contribution in [-0.2, 0) is 6.42 Å². The maximum absolute atomic E-state index is 5.55.